The van der Waals surface area contributed by atoms with E-state index in [0.717, 1.165) is 33.4 Å². The number of nitrogens with zero attached hydrogens (tertiary/aromatic N) is 1. The van der Waals surface area contributed by atoms with Gasteiger partial charge in [-0.25, -0.2) is 9.37 Å². The van der Waals surface area contributed by atoms with Crippen LogP contribution in [-0.4, -0.2) is 21.4 Å². The van der Waals surface area contributed by atoms with Crippen molar-refractivity contribution in [2.45, 2.75) is 19.3 Å². The van der Waals surface area contributed by atoms with Gasteiger partial charge in [0.1, 0.15) is 11.5 Å². The zero-order valence-corrected chi connectivity index (χ0v) is 15.7. The van der Waals surface area contributed by atoms with Crippen molar-refractivity contribution in [2.75, 3.05) is 0 Å². The third kappa shape index (κ3) is 3.55. The van der Waals surface area contributed by atoms with Gasteiger partial charge in [-0.1, -0.05) is 37.7 Å². The molecule has 0 fully saturated rings. The van der Waals surface area contributed by atoms with Crippen LogP contribution in [0, 0.1) is 11.7 Å². The zero-order chi connectivity index (χ0) is 19.0. The maximum atomic E-state index is 13.2. The van der Waals surface area contributed by atoms with E-state index in [9.17, 15) is 9.18 Å². The summed E-state index contributed by atoms with van der Waals surface area (Å²) in [6, 6.07) is 8.40. The summed E-state index contributed by atoms with van der Waals surface area (Å²) >= 11 is 1.52. The fourth-order valence-corrected chi connectivity index (χ4v) is 3.73. The van der Waals surface area contributed by atoms with Gasteiger partial charge >= 0.3 is 0 Å². The number of fused-ring (bicyclic) bond motifs is 1. The van der Waals surface area contributed by atoms with E-state index in [2.05, 4.69) is 20.6 Å². The second-order valence-corrected chi connectivity index (χ2v) is 7.66. The molecule has 3 heterocycles. The summed E-state index contributed by atoms with van der Waals surface area (Å²) in [6.45, 7) is 3.73. The van der Waals surface area contributed by atoms with Crippen LogP contribution in [0.15, 0.2) is 48.1 Å². The van der Waals surface area contributed by atoms with Crippen LogP contribution in [0.25, 0.3) is 27.9 Å². The van der Waals surface area contributed by atoms with E-state index >= 15 is 0 Å². The lowest BCUT2D eigenvalue weighted by Gasteiger charge is -2.16. The predicted molar refractivity (Wildman–Crippen MR) is 107 cm³/mol. The molecule has 0 spiro atoms. The molecule has 0 radical (unpaired) electrons. The van der Waals surface area contributed by atoms with Crippen molar-refractivity contribution in [1.29, 1.82) is 0 Å². The Morgan fingerprint density at radius 3 is 2.78 bits per heavy atom. The van der Waals surface area contributed by atoms with Crippen LogP contribution in [0.3, 0.4) is 0 Å². The van der Waals surface area contributed by atoms with Gasteiger partial charge in [0.2, 0.25) is 5.91 Å². The molecule has 2 aromatic heterocycles. The first-order chi connectivity index (χ1) is 13.0. The van der Waals surface area contributed by atoms with Gasteiger partial charge in [-0.3, -0.25) is 4.79 Å². The van der Waals surface area contributed by atoms with Crippen LogP contribution in [0.2, 0.25) is 0 Å². The lowest BCUT2D eigenvalue weighted by Crippen LogP contribution is -2.41. The van der Waals surface area contributed by atoms with Crippen LogP contribution in [-0.2, 0) is 4.79 Å². The van der Waals surface area contributed by atoms with E-state index < -0.39 is 0 Å². The first-order valence-electron chi connectivity index (χ1n) is 8.67. The maximum Gasteiger partial charge on any atom is 0.224 e. The number of nitrogens with one attached hydrogen (secondary N) is 3. The molecule has 0 aliphatic carbocycles. The van der Waals surface area contributed by atoms with Gasteiger partial charge in [-0.15, -0.1) is 0 Å². The van der Waals surface area contributed by atoms with Gasteiger partial charge in [0, 0.05) is 34.8 Å². The van der Waals surface area contributed by atoms with Crippen molar-refractivity contribution >= 4 is 34.4 Å². The molecule has 1 amide bonds. The number of aromatic amines is 1. The van der Waals surface area contributed by atoms with E-state index in [0.29, 0.717) is 0 Å². The SMILES string of the molecule is CC(C)C(=O)NC1NC(c2c[nH]c3ncc(-c4ccc(F)cc4)cc23)=CS1. The highest BCUT2D eigenvalue weighted by molar-refractivity contribution is 8.03. The van der Waals surface area contributed by atoms with Crippen LogP contribution in [0.4, 0.5) is 4.39 Å². The Labute approximate surface area is 160 Å². The average Bonchev–Trinajstić information content (AvgIpc) is 3.28. The van der Waals surface area contributed by atoms with E-state index in [-0.39, 0.29) is 23.1 Å². The number of carbonyl (C=O) groups is 1. The minimum absolute atomic E-state index is 0.00818. The molecule has 3 aromatic rings. The van der Waals surface area contributed by atoms with Crippen molar-refractivity contribution in [3.05, 3.63) is 59.5 Å². The van der Waals surface area contributed by atoms with Gasteiger partial charge in [-0.05, 0) is 29.2 Å². The maximum absolute atomic E-state index is 13.2. The standard InChI is InChI=1S/C20H19FN4OS/c1-11(2)19(26)25-20-24-17(10-27-20)16-9-23-18-15(16)7-13(8-22-18)12-3-5-14(21)6-4-12/h3-11,20,24H,1-2H3,(H,22,23)(H,25,26). The van der Waals surface area contributed by atoms with Crippen LogP contribution >= 0.6 is 11.8 Å². The van der Waals surface area contributed by atoms with Gasteiger partial charge in [-0.2, -0.15) is 0 Å². The third-order valence-corrected chi connectivity index (χ3v) is 5.28. The topological polar surface area (TPSA) is 69.8 Å². The number of H-pyrrole nitrogens is 1. The molecule has 1 unspecified atom stereocenters. The van der Waals surface area contributed by atoms with Crippen molar-refractivity contribution < 1.29 is 9.18 Å². The minimum Gasteiger partial charge on any atom is -0.356 e. The number of pyridine rings is 1. The Balaban J connectivity index is 1.60. The molecule has 27 heavy (non-hydrogen) atoms. The van der Waals surface area contributed by atoms with Crippen molar-refractivity contribution in [2.24, 2.45) is 5.92 Å². The number of amides is 1. The van der Waals surface area contributed by atoms with Gasteiger partial charge in [0.05, 0.1) is 5.70 Å². The van der Waals surface area contributed by atoms with E-state index in [1.54, 1.807) is 18.3 Å². The number of benzene rings is 1. The molecule has 0 bridgehead atoms. The average molecular weight is 382 g/mol. The molecule has 7 heteroatoms. The highest BCUT2D eigenvalue weighted by Gasteiger charge is 2.22. The summed E-state index contributed by atoms with van der Waals surface area (Å²) in [6.07, 6.45) is 3.67. The van der Waals surface area contributed by atoms with Crippen molar-refractivity contribution in [3.8, 4) is 11.1 Å². The summed E-state index contributed by atoms with van der Waals surface area (Å²) in [5.41, 5.74) is 4.32. The fraction of sp³-hybridized carbons (Fsp3) is 0.200. The number of carbonyl (C=O) groups excluding carboxylic acids is 1. The van der Waals surface area contributed by atoms with Crippen molar-refractivity contribution in [3.63, 3.8) is 0 Å². The Kier molecular flexibility index (Phi) is 4.61. The molecule has 3 N–H and O–H groups in total. The molecular formula is C20H19FN4OS. The monoisotopic (exact) mass is 382 g/mol. The Morgan fingerprint density at radius 2 is 2.04 bits per heavy atom. The number of hydrogen-bond acceptors (Lipinski definition) is 4. The van der Waals surface area contributed by atoms with E-state index in [1.165, 1.54) is 23.9 Å². The molecule has 0 saturated heterocycles. The number of hydrogen-bond donors (Lipinski definition) is 3. The van der Waals surface area contributed by atoms with E-state index in [4.69, 9.17) is 0 Å². The smallest absolute Gasteiger partial charge is 0.224 e. The van der Waals surface area contributed by atoms with Crippen LogP contribution in [0.1, 0.15) is 19.4 Å². The normalized spacial score (nSPS) is 16.4. The third-order valence-electron chi connectivity index (χ3n) is 4.41. The minimum atomic E-state index is -0.262. The lowest BCUT2D eigenvalue weighted by atomic mass is 10.0. The Bertz CT molecular complexity index is 1030. The number of rotatable bonds is 4. The van der Waals surface area contributed by atoms with Gasteiger partial charge in [0.15, 0.2) is 5.50 Å². The molecule has 1 aliphatic heterocycles. The molecular weight excluding hydrogens is 363 g/mol. The zero-order valence-electron chi connectivity index (χ0n) is 14.9. The molecule has 4 rings (SSSR count). The lowest BCUT2D eigenvalue weighted by molar-refractivity contribution is -0.124. The van der Waals surface area contributed by atoms with E-state index in [1.807, 2.05) is 31.5 Å². The highest BCUT2D eigenvalue weighted by Crippen LogP contribution is 2.32. The second-order valence-electron chi connectivity index (χ2n) is 6.68. The molecule has 0 saturated carbocycles. The first kappa shape index (κ1) is 17.6. The van der Waals surface area contributed by atoms with Gasteiger partial charge < -0.3 is 15.6 Å². The number of halogens is 1. The Hall–Kier alpha value is -2.80. The molecule has 138 valence electrons. The number of aromatic nitrogens is 2. The molecule has 5 nitrogen and oxygen atoms in total. The largest absolute Gasteiger partial charge is 0.356 e. The second kappa shape index (κ2) is 7.08. The Morgan fingerprint density at radius 1 is 1.26 bits per heavy atom. The van der Waals surface area contributed by atoms with Gasteiger partial charge in [0.25, 0.3) is 0 Å². The summed E-state index contributed by atoms with van der Waals surface area (Å²) < 4.78 is 13.2. The summed E-state index contributed by atoms with van der Waals surface area (Å²) in [5, 5.41) is 9.26. The summed E-state index contributed by atoms with van der Waals surface area (Å²) in [5.74, 6) is -0.317. The molecule has 1 aromatic carbocycles. The fourth-order valence-electron chi connectivity index (χ4n) is 2.88. The van der Waals surface area contributed by atoms with Crippen molar-refractivity contribution in [1.82, 2.24) is 20.6 Å². The summed E-state index contributed by atoms with van der Waals surface area (Å²) in [7, 11) is 0. The molecule has 1 atom stereocenters. The quantitative estimate of drug-likeness (QED) is 0.636. The molecule has 1 aliphatic rings. The summed E-state index contributed by atoms with van der Waals surface area (Å²) in [4.78, 5) is 19.6. The highest BCUT2D eigenvalue weighted by atomic mass is 32.2. The predicted octanol–water partition coefficient (Wildman–Crippen LogP) is 4.06. The van der Waals surface area contributed by atoms with Crippen LogP contribution in [0.5, 0.6) is 0 Å². The van der Waals surface area contributed by atoms with Crippen LogP contribution < -0.4 is 10.6 Å². The first-order valence-corrected chi connectivity index (χ1v) is 9.61. The number of thioether (sulfide) groups is 1.